The average molecular weight is 1090 g/mol. The quantitative estimate of drug-likeness (QED) is 0.0360. The van der Waals surface area contributed by atoms with Crippen LogP contribution in [0.15, 0.2) is 60.8 Å². The molecule has 3 aromatic rings. The van der Waals surface area contributed by atoms with Gasteiger partial charge in [-0.1, -0.05) is 51.1 Å². The summed E-state index contributed by atoms with van der Waals surface area (Å²) >= 11 is 2.08. The third-order valence-corrected chi connectivity index (χ3v) is 13.9. The SMILES string of the molecule is CC(C)(C)[C@H](c1cc(-c2cc(F)ccc2F)cn1Cc1ccccc1)N(CCCN)C(=O)CSC[C@H](NC(=O)CCOCCOCCOCCOCCNC(=O)CCN1C(=O)CC(SC[C@H](N)C(=O)O)C1=O)C(=O)O. The Balaban J connectivity index is 1.11. The van der Waals surface area contributed by atoms with Crippen molar-refractivity contribution >= 4 is 65.0 Å². The molecule has 4 atom stereocenters. The fourth-order valence-corrected chi connectivity index (χ4v) is 9.89. The Morgan fingerprint density at radius 1 is 0.853 bits per heavy atom. The molecule has 0 radical (unpaired) electrons. The van der Waals surface area contributed by atoms with Crippen molar-refractivity contribution in [3.63, 3.8) is 0 Å². The average Bonchev–Trinajstić information content (AvgIpc) is 3.89. The Morgan fingerprint density at radius 3 is 2.13 bits per heavy atom. The summed E-state index contributed by atoms with van der Waals surface area (Å²) in [6.45, 7) is 8.70. The summed E-state index contributed by atoms with van der Waals surface area (Å²) in [6.07, 6.45) is 1.95. The van der Waals surface area contributed by atoms with Gasteiger partial charge in [0.2, 0.25) is 29.5 Å². The Labute approximate surface area is 444 Å². The van der Waals surface area contributed by atoms with Crippen LogP contribution >= 0.6 is 23.5 Å². The van der Waals surface area contributed by atoms with Gasteiger partial charge in [0.15, 0.2) is 0 Å². The highest BCUT2D eigenvalue weighted by Gasteiger charge is 2.40. The van der Waals surface area contributed by atoms with Crippen LogP contribution in [0.1, 0.15) is 63.8 Å². The maximum absolute atomic E-state index is 15.2. The molecule has 0 saturated carbocycles. The molecular formula is C51H71F2N7O13S2. The summed E-state index contributed by atoms with van der Waals surface area (Å²) in [5, 5.41) is 23.3. The number of carboxylic acids is 2. The normalized spacial score (nSPS) is 14.9. The van der Waals surface area contributed by atoms with Gasteiger partial charge in [-0.05, 0) is 48.2 Å². The molecule has 2 heterocycles. The van der Waals surface area contributed by atoms with Crippen LogP contribution in [0.5, 0.6) is 0 Å². The number of benzene rings is 2. The lowest BCUT2D eigenvalue weighted by molar-refractivity contribution is -0.141. The zero-order valence-electron chi connectivity index (χ0n) is 42.7. The first-order chi connectivity index (χ1) is 35.8. The van der Waals surface area contributed by atoms with Crippen molar-refractivity contribution in [3.8, 4) is 11.1 Å². The summed E-state index contributed by atoms with van der Waals surface area (Å²) < 4.78 is 53.4. The van der Waals surface area contributed by atoms with E-state index in [0.29, 0.717) is 30.8 Å². The number of thioether (sulfide) groups is 2. The van der Waals surface area contributed by atoms with E-state index >= 15 is 4.39 Å². The summed E-state index contributed by atoms with van der Waals surface area (Å²) in [6, 6.07) is 11.7. The first-order valence-electron chi connectivity index (χ1n) is 24.6. The summed E-state index contributed by atoms with van der Waals surface area (Å²) in [5.74, 6) is -5.96. The van der Waals surface area contributed by atoms with Gasteiger partial charge < -0.3 is 60.7 Å². The summed E-state index contributed by atoms with van der Waals surface area (Å²) in [4.78, 5) is 89.8. The summed E-state index contributed by atoms with van der Waals surface area (Å²) in [5.41, 5.74) is 13.0. The van der Waals surface area contributed by atoms with E-state index in [4.69, 9.17) is 35.5 Å². The zero-order valence-corrected chi connectivity index (χ0v) is 44.3. The first-order valence-corrected chi connectivity index (χ1v) is 26.8. The molecule has 0 aliphatic carbocycles. The van der Waals surface area contributed by atoms with Crippen LogP contribution in [0.4, 0.5) is 8.78 Å². The molecule has 20 nitrogen and oxygen atoms in total. The number of likely N-dealkylation sites (tertiary alicyclic amines) is 1. The number of rotatable bonds is 36. The highest BCUT2D eigenvalue weighted by atomic mass is 32.2. The number of carbonyl (C=O) groups excluding carboxylic acids is 5. The number of hydrogen-bond acceptors (Lipinski definition) is 15. The lowest BCUT2D eigenvalue weighted by atomic mass is 9.83. The number of halogens is 2. The molecule has 0 bridgehead atoms. The van der Waals surface area contributed by atoms with Crippen LogP contribution in [0, 0.1) is 17.0 Å². The van der Waals surface area contributed by atoms with Crippen LogP contribution in [0.25, 0.3) is 11.1 Å². The van der Waals surface area contributed by atoms with Crippen LogP contribution in [0.2, 0.25) is 0 Å². The summed E-state index contributed by atoms with van der Waals surface area (Å²) in [7, 11) is 0. The van der Waals surface area contributed by atoms with Crippen LogP contribution in [-0.2, 0) is 59.1 Å². The van der Waals surface area contributed by atoms with Gasteiger partial charge in [-0.15, -0.1) is 23.5 Å². The molecule has 1 unspecified atom stereocenters. The highest BCUT2D eigenvalue weighted by Crippen LogP contribution is 2.41. The first kappa shape index (κ1) is 62.1. The van der Waals surface area contributed by atoms with E-state index in [9.17, 15) is 43.1 Å². The van der Waals surface area contributed by atoms with E-state index in [1.165, 1.54) is 0 Å². The molecule has 414 valence electrons. The lowest BCUT2D eigenvalue weighted by Gasteiger charge is -2.41. The van der Waals surface area contributed by atoms with Crippen LogP contribution in [-0.4, -0.2) is 180 Å². The molecule has 1 saturated heterocycles. The fourth-order valence-electron chi connectivity index (χ4n) is 7.86. The highest BCUT2D eigenvalue weighted by molar-refractivity contribution is 8.00. The predicted octanol–water partition coefficient (Wildman–Crippen LogP) is 3.28. The van der Waals surface area contributed by atoms with Gasteiger partial charge in [-0.25, -0.2) is 13.6 Å². The van der Waals surface area contributed by atoms with Gasteiger partial charge in [0.1, 0.15) is 23.7 Å². The fraction of sp³-hybridized carbons (Fsp3) is 0.549. The maximum atomic E-state index is 15.2. The van der Waals surface area contributed by atoms with Crippen molar-refractivity contribution in [2.24, 2.45) is 16.9 Å². The number of carbonyl (C=O) groups is 7. The molecular weight excluding hydrogens is 1020 g/mol. The van der Waals surface area contributed by atoms with E-state index in [1.54, 1.807) is 17.2 Å². The molecule has 1 fully saturated rings. The number of aromatic nitrogens is 1. The zero-order chi connectivity index (χ0) is 54.9. The molecule has 8 N–H and O–H groups in total. The van der Waals surface area contributed by atoms with E-state index < -0.39 is 70.1 Å². The molecule has 1 aromatic heterocycles. The van der Waals surface area contributed by atoms with Gasteiger partial charge in [-0.2, -0.15) is 0 Å². The Hall–Kier alpha value is -5.47. The smallest absolute Gasteiger partial charge is 0.327 e. The van der Waals surface area contributed by atoms with Gasteiger partial charge in [0.05, 0.1) is 69.9 Å². The number of carboxylic acid groups (broad SMARTS) is 2. The maximum Gasteiger partial charge on any atom is 0.327 e. The van der Waals surface area contributed by atoms with Crippen molar-refractivity contribution in [1.29, 1.82) is 0 Å². The Morgan fingerprint density at radius 2 is 1.51 bits per heavy atom. The molecule has 2 aromatic carbocycles. The molecule has 5 amide bonds. The number of ether oxygens (including phenoxy) is 4. The van der Waals surface area contributed by atoms with E-state index in [-0.39, 0.29) is 126 Å². The minimum atomic E-state index is -1.29. The molecule has 75 heavy (non-hydrogen) atoms. The van der Waals surface area contributed by atoms with E-state index in [0.717, 1.165) is 52.2 Å². The number of amides is 5. The number of nitrogens with zero attached hydrogens (tertiary/aromatic N) is 3. The molecule has 1 aliphatic rings. The molecule has 24 heteroatoms. The van der Waals surface area contributed by atoms with Crippen molar-refractivity contribution < 1.29 is 71.5 Å². The predicted molar refractivity (Wildman–Crippen MR) is 279 cm³/mol. The number of aliphatic carboxylic acids is 2. The standard InChI is InChI=1S/C51H71F2N7O13S2/c1-51(2,3)47(41-26-35(37-27-36(52)10-11-38(37)53)30-58(41)29-34-8-5-4-6-9-34)59(16-7-14-54)46(64)33-74-32-40(50(68)69)57-44(62)13-18-70-20-22-72-24-25-73-23-21-71-19-15-56-43(61)12-17-60-45(63)28-42(48(60)65)75-31-39(55)49(66)67/h4-6,8-11,26-27,30,39-40,42,47H,7,12-25,28-29,31-33,54-55H2,1-3H3,(H,56,61)(H,57,62)(H,66,67)(H,68,69)/t39-,40-,42?,47-/m0/s1. The monoisotopic (exact) mass is 1090 g/mol. The minimum Gasteiger partial charge on any atom is -0.480 e. The van der Waals surface area contributed by atoms with E-state index in [1.807, 2.05) is 55.7 Å². The Bertz CT molecular complexity index is 2340. The second-order valence-corrected chi connectivity index (χ2v) is 20.8. The Kier molecular flexibility index (Phi) is 26.6. The van der Waals surface area contributed by atoms with Crippen molar-refractivity contribution in [3.05, 3.63) is 83.7 Å². The third-order valence-electron chi connectivity index (χ3n) is 11.6. The van der Waals surface area contributed by atoms with Crippen LogP contribution < -0.4 is 22.1 Å². The molecule has 4 rings (SSSR count). The second kappa shape index (κ2) is 32.2. The topological polar surface area (TPSA) is 284 Å². The number of nitrogens with one attached hydrogen (secondary N) is 2. The number of hydrogen-bond donors (Lipinski definition) is 6. The van der Waals surface area contributed by atoms with Crippen LogP contribution in [0.3, 0.4) is 0 Å². The largest absolute Gasteiger partial charge is 0.480 e. The number of nitrogens with two attached hydrogens (primary N) is 2. The van der Waals surface area contributed by atoms with Crippen molar-refractivity contribution in [2.45, 2.75) is 76.4 Å². The van der Waals surface area contributed by atoms with Gasteiger partial charge >= 0.3 is 11.9 Å². The lowest BCUT2D eigenvalue weighted by Crippen LogP contribution is -2.45. The molecule has 0 spiro atoms. The second-order valence-electron chi connectivity index (χ2n) is 18.5. The van der Waals surface area contributed by atoms with Crippen molar-refractivity contribution in [1.82, 2.24) is 25.0 Å². The van der Waals surface area contributed by atoms with Gasteiger partial charge in [0.25, 0.3) is 0 Å². The minimum absolute atomic E-state index is 0.0102. The van der Waals surface area contributed by atoms with Gasteiger partial charge in [0, 0.05) is 80.0 Å². The number of imide groups is 1. The van der Waals surface area contributed by atoms with E-state index in [2.05, 4.69) is 10.6 Å². The molecule has 1 aliphatic heterocycles. The van der Waals surface area contributed by atoms with Gasteiger partial charge in [-0.3, -0.25) is 33.7 Å². The third kappa shape index (κ3) is 21.2. The van der Waals surface area contributed by atoms with Crippen molar-refractivity contribution in [2.75, 3.05) is 96.3 Å².